The Morgan fingerprint density at radius 1 is 1.45 bits per heavy atom. The average molecular weight is 338 g/mol. The molecule has 108 valence electrons. The van der Waals surface area contributed by atoms with Crippen LogP contribution in [0.2, 0.25) is 0 Å². The normalized spacial score (nSPS) is 12.4. The summed E-state index contributed by atoms with van der Waals surface area (Å²) in [6.07, 6.45) is 2.05. The maximum Gasteiger partial charge on any atom is 0.133 e. The second-order valence-electron chi connectivity index (χ2n) is 4.91. The molecule has 20 heavy (non-hydrogen) atoms. The molecular formula is C15H20BrN3O. The minimum atomic E-state index is 0.261. The SMILES string of the molecule is COc1ccc(C(C)NCc2cn(C)nc2C)cc1Br. The standard InChI is InChI=1S/C15H20BrN3O/c1-10(12-5-6-15(20-4)14(16)7-12)17-8-13-9-19(3)18-11(13)2/h5-7,9-10,17H,8H2,1-4H3. The van der Waals surface area contributed by atoms with E-state index in [1.165, 1.54) is 11.1 Å². The van der Waals surface area contributed by atoms with Crippen LogP contribution in [0.25, 0.3) is 0 Å². The predicted molar refractivity (Wildman–Crippen MR) is 83.9 cm³/mol. The zero-order chi connectivity index (χ0) is 14.7. The number of benzene rings is 1. The number of nitrogens with one attached hydrogen (secondary N) is 1. The van der Waals surface area contributed by atoms with E-state index in [2.05, 4.69) is 51.6 Å². The van der Waals surface area contributed by atoms with E-state index in [1.807, 2.05) is 24.7 Å². The zero-order valence-electron chi connectivity index (χ0n) is 12.3. The molecular weight excluding hydrogens is 318 g/mol. The molecule has 0 aliphatic rings. The number of methoxy groups -OCH3 is 1. The number of aromatic nitrogens is 2. The fourth-order valence-corrected chi connectivity index (χ4v) is 2.71. The summed E-state index contributed by atoms with van der Waals surface area (Å²) in [7, 11) is 3.62. The van der Waals surface area contributed by atoms with E-state index in [4.69, 9.17) is 4.74 Å². The van der Waals surface area contributed by atoms with Gasteiger partial charge in [-0.2, -0.15) is 5.10 Å². The van der Waals surface area contributed by atoms with Crippen molar-refractivity contribution in [3.63, 3.8) is 0 Å². The monoisotopic (exact) mass is 337 g/mol. The lowest BCUT2D eigenvalue weighted by molar-refractivity contribution is 0.411. The van der Waals surface area contributed by atoms with Crippen LogP contribution in [0.3, 0.4) is 0 Å². The van der Waals surface area contributed by atoms with Gasteiger partial charge in [0.1, 0.15) is 5.75 Å². The molecule has 5 heteroatoms. The molecule has 1 aromatic heterocycles. The highest BCUT2D eigenvalue weighted by atomic mass is 79.9. The van der Waals surface area contributed by atoms with Crippen LogP contribution < -0.4 is 10.1 Å². The lowest BCUT2D eigenvalue weighted by atomic mass is 10.1. The molecule has 1 atom stereocenters. The fourth-order valence-electron chi connectivity index (χ4n) is 2.16. The quantitative estimate of drug-likeness (QED) is 0.909. The molecule has 1 heterocycles. The summed E-state index contributed by atoms with van der Waals surface area (Å²) >= 11 is 3.52. The molecule has 0 aliphatic heterocycles. The van der Waals surface area contributed by atoms with E-state index in [0.717, 1.165) is 22.5 Å². The Morgan fingerprint density at radius 3 is 2.75 bits per heavy atom. The molecule has 0 saturated heterocycles. The number of ether oxygens (including phenoxy) is 1. The van der Waals surface area contributed by atoms with Gasteiger partial charge in [-0.3, -0.25) is 4.68 Å². The van der Waals surface area contributed by atoms with Gasteiger partial charge in [0.25, 0.3) is 0 Å². The van der Waals surface area contributed by atoms with Crippen LogP contribution in [-0.2, 0) is 13.6 Å². The van der Waals surface area contributed by atoms with Crippen molar-refractivity contribution < 1.29 is 4.74 Å². The van der Waals surface area contributed by atoms with Crippen LogP contribution in [0.1, 0.15) is 29.8 Å². The molecule has 1 N–H and O–H groups in total. The number of aryl methyl sites for hydroxylation is 2. The number of halogens is 1. The lowest BCUT2D eigenvalue weighted by Crippen LogP contribution is -2.18. The van der Waals surface area contributed by atoms with Gasteiger partial charge in [-0.05, 0) is 47.5 Å². The molecule has 0 aliphatic carbocycles. The van der Waals surface area contributed by atoms with E-state index in [1.54, 1.807) is 7.11 Å². The Balaban J connectivity index is 2.03. The van der Waals surface area contributed by atoms with Crippen LogP contribution in [0, 0.1) is 6.92 Å². The van der Waals surface area contributed by atoms with E-state index in [-0.39, 0.29) is 6.04 Å². The highest BCUT2D eigenvalue weighted by molar-refractivity contribution is 9.10. The summed E-state index contributed by atoms with van der Waals surface area (Å²) in [5.41, 5.74) is 3.52. The van der Waals surface area contributed by atoms with Gasteiger partial charge in [-0.15, -0.1) is 0 Å². The third-order valence-electron chi connectivity index (χ3n) is 3.39. The van der Waals surface area contributed by atoms with E-state index < -0.39 is 0 Å². The van der Waals surface area contributed by atoms with Crippen molar-refractivity contribution in [2.45, 2.75) is 26.4 Å². The van der Waals surface area contributed by atoms with E-state index in [9.17, 15) is 0 Å². The second-order valence-corrected chi connectivity index (χ2v) is 5.76. The highest BCUT2D eigenvalue weighted by Crippen LogP contribution is 2.28. The van der Waals surface area contributed by atoms with Crippen LogP contribution in [0.15, 0.2) is 28.9 Å². The Kier molecular flexibility index (Phi) is 4.83. The van der Waals surface area contributed by atoms with Gasteiger partial charge in [0.2, 0.25) is 0 Å². The van der Waals surface area contributed by atoms with Gasteiger partial charge >= 0.3 is 0 Å². The summed E-state index contributed by atoms with van der Waals surface area (Å²) in [5.74, 6) is 0.851. The molecule has 4 nitrogen and oxygen atoms in total. The van der Waals surface area contributed by atoms with Crippen LogP contribution in [0.5, 0.6) is 5.75 Å². The fraction of sp³-hybridized carbons (Fsp3) is 0.400. The number of nitrogens with zero attached hydrogens (tertiary/aromatic N) is 2. The third kappa shape index (κ3) is 3.41. The van der Waals surface area contributed by atoms with Crippen molar-refractivity contribution in [1.82, 2.24) is 15.1 Å². The van der Waals surface area contributed by atoms with Crippen molar-refractivity contribution >= 4 is 15.9 Å². The largest absolute Gasteiger partial charge is 0.496 e. The first-order valence-corrected chi connectivity index (χ1v) is 7.36. The molecule has 0 radical (unpaired) electrons. The van der Waals surface area contributed by atoms with Crippen LogP contribution in [0.4, 0.5) is 0 Å². The first kappa shape index (κ1) is 15.1. The average Bonchev–Trinajstić information content (AvgIpc) is 2.74. The van der Waals surface area contributed by atoms with Crippen molar-refractivity contribution in [1.29, 1.82) is 0 Å². The molecule has 1 aromatic carbocycles. The van der Waals surface area contributed by atoms with Crippen molar-refractivity contribution in [2.24, 2.45) is 7.05 Å². The Morgan fingerprint density at radius 2 is 2.20 bits per heavy atom. The summed E-state index contributed by atoms with van der Waals surface area (Å²) in [4.78, 5) is 0. The molecule has 0 bridgehead atoms. The number of hydrogen-bond donors (Lipinski definition) is 1. The minimum absolute atomic E-state index is 0.261. The zero-order valence-corrected chi connectivity index (χ0v) is 13.9. The Hall–Kier alpha value is -1.33. The molecule has 0 spiro atoms. The van der Waals surface area contributed by atoms with E-state index in [0.29, 0.717) is 0 Å². The van der Waals surface area contributed by atoms with Gasteiger partial charge in [0.05, 0.1) is 17.3 Å². The molecule has 1 unspecified atom stereocenters. The van der Waals surface area contributed by atoms with Gasteiger partial charge < -0.3 is 10.1 Å². The van der Waals surface area contributed by atoms with Crippen LogP contribution in [-0.4, -0.2) is 16.9 Å². The van der Waals surface area contributed by atoms with Crippen LogP contribution >= 0.6 is 15.9 Å². The topological polar surface area (TPSA) is 39.1 Å². The lowest BCUT2D eigenvalue weighted by Gasteiger charge is -2.15. The number of hydrogen-bond acceptors (Lipinski definition) is 3. The highest BCUT2D eigenvalue weighted by Gasteiger charge is 2.09. The maximum atomic E-state index is 5.25. The smallest absolute Gasteiger partial charge is 0.133 e. The van der Waals surface area contributed by atoms with Crippen molar-refractivity contribution in [3.05, 3.63) is 45.7 Å². The maximum absolute atomic E-state index is 5.25. The Bertz CT molecular complexity index is 595. The second kappa shape index (κ2) is 6.41. The molecule has 0 saturated carbocycles. The Labute approximate surface area is 128 Å². The minimum Gasteiger partial charge on any atom is -0.496 e. The van der Waals surface area contributed by atoms with E-state index >= 15 is 0 Å². The molecule has 0 fully saturated rings. The molecule has 2 aromatic rings. The summed E-state index contributed by atoms with van der Waals surface area (Å²) in [5, 5.41) is 7.87. The predicted octanol–water partition coefficient (Wildman–Crippen LogP) is 3.35. The summed E-state index contributed by atoms with van der Waals surface area (Å²) < 4.78 is 8.07. The van der Waals surface area contributed by atoms with Crippen molar-refractivity contribution in [2.75, 3.05) is 7.11 Å². The summed E-state index contributed by atoms with van der Waals surface area (Å²) in [6.45, 7) is 5.00. The third-order valence-corrected chi connectivity index (χ3v) is 4.01. The molecule has 0 amide bonds. The first-order valence-electron chi connectivity index (χ1n) is 6.57. The van der Waals surface area contributed by atoms with Crippen molar-refractivity contribution in [3.8, 4) is 5.75 Å². The van der Waals surface area contributed by atoms with Gasteiger partial charge in [0.15, 0.2) is 0 Å². The van der Waals surface area contributed by atoms with Gasteiger partial charge in [0, 0.05) is 31.4 Å². The van der Waals surface area contributed by atoms with Gasteiger partial charge in [-0.1, -0.05) is 6.07 Å². The number of rotatable bonds is 5. The summed E-state index contributed by atoms with van der Waals surface area (Å²) in [6, 6.07) is 6.41. The molecule has 2 rings (SSSR count). The van der Waals surface area contributed by atoms with Gasteiger partial charge in [-0.25, -0.2) is 0 Å². The first-order chi connectivity index (χ1) is 9.51.